The summed E-state index contributed by atoms with van der Waals surface area (Å²) >= 11 is 0. The SMILES string of the molecule is C[C@@H](C(=O)[O-])c1ccc(N)cc1. The van der Waals surface area contributed by atoms with Crippen LogP contribution >= 0.6 is 0 Å². The third kappa shape index (κ3) is 1.75. The second-order valence-corrected chi connectivity index (χ2v) is 2.71. The Labute approximate surface area is 70.8 Å². The molecule has 0 bridgehead atoms. The highest BCUT2D eigenvalue weighted by atomic mass is 16.4. The van der Waals surface area contributed by atoms with Crippen molar-refractivity contribution in [2.45, 2.75) is 12.8 Å². The Morgan fingerprint density at radius 3 is 2.33 bits per heavy atom. The van der Waals surface area contributed by atoms with Gasteiger partial charge in [0.2, 0.25) is 0 Å². The van der Waals surface area contributed by atoms with E-state index in [9.17, 15) is 9.90 Å². The third-order valence-corrected chi connectivity index (χ3v) is 1.79. The summed E-state index contributed by atoms with van der Waals surface area (Å²) in [6.45, 7) is 1.58. The summed E-state index contributed by atoms with van der Waals surface area (Å²) in [6.07, 6.45) is 0. The molecule has 0 saturated heterocycles. The van der Waals surface area contributed by atoms with Gasteiger partial charge < -0.3 is 15.6 Å². The van der Waals surface area contributed by atoms with E-state index in [1.807, 2.05) is 0 Å². The Bertz CT molecular complexity index is 279. The number of aliphatic carboxylic acids is 1. The van der Waals surface area contributed by atoms with Crippen molar-refractivity contribution in [3.63, 3.8) is 0 Å². The van der Waals surface area contributed by atoms with E-state index in [0.717, 1.165) is 0 Å². The zero-order chi connectivity index (χ0) is 9.14. The first-order valence-corrected chi connectivity index (χ1v) is 3.67. The first-order valence-electron chi connectivity index (χ1n) is 3.67. The summed E-state index contributed by atoms with van der Waals surface area (Å²) in [4.78, 5) is 10.4. The van der Waals surface area contributed by atoms with Crippen molar-refractivity contribution < 1.29 is 9.90 Å². The van der Waals surface area contributed by atoms with Crippen molar-refractivity contribution in [2.75, 3.05) is 5.73 Å². The van der Waals surface area contributed by atoms with Crippen LogP contribution in [0.3, 0.4) is 0 Å². The smallest absolute Gasteiger partial charge is 0.0486 e. The Hall–Kier alpha value is -1.51. The van der Waals surface area contributed by atoms with E-state index in [4.69, 9.17) is 5.73 Å². The minimum absolute atomic E-state index is 0.578. The van der Waals surface area contributed by atoms with Gasteiger partial charge >= 0.3 is 0 Å². The number of carboxylic acids is 1. The molecular weight excluding hydrogens is 154 g/mol. The van der Waals surface area contributed by atoms with Gasteiger partial charge in [-0.2, -0.15) is 0 Å². The third-order valence-electron chi connectivity index (χ3n) is 1.79. The van der Waals surface area contributed by atoms with Crippen LogP contribution in [0.4, 0.5) is 5.69 Å². The minimum atomic E-state index is -1.07. The van der Waals surface area contributed by atoms with Crippen molar-refractivity contribution in [2.24, 2.45) is 0 Å². The van der Waals surface area contributed by atoms with Gasteiger partial charge in [0.15, 0.2) is 0 Å². The Balaban J connectivity index is 2.89. The number of anilines is 1. The molecule has 3 nitrogen and oxygen atoms in total. The maximum absolute atomic E-state index is 10.4. The molecule has 0 heterocycles. The number of rotatable bonds is 2. The van der Waals surface area contributed by atoms with Crippen LogP contribution < -0.4 is 10.8 Å². The molecule has 12 heavy (non-hydrogen) atoms. The number of carboxylic acid groups (broad SMARTS) is 1. The predicted octanol–water partition coefficient (Wildman–Crippen LogP) is 0.122. The number of nitrogens with two attached hydrogens (primary N) is 1. The van der Waals surface area contributed by atoms with Crippen LogP contribution in [0.5, 0.6) is 0 Å². The molecule has 0 aliphatic carbocycles. The van der Waals surface area contributed by atoms with E-state index in [0.29, 0.717) is 11.3 Å². The zero-order valence-electron chi connectivity index (χ0n) is 6.78. The summed E-state index contributed by atoms with van der Waals surface area (Å²) in [5, 5.41) is 10.4. The first kappa shape index (κ1) is 8.59. The summed E-state index contributed by atoms with van der Waals surface area (Å²) < 4.78 is 0. The van der Waals surface area contributed by atoms with Gasteiger partial charge in [0.25, 0.3) is 0 Å². The van der Waals surface area contributed by atoms with E-state index < -0.39 is 11.9 Å². The average Bonchev–Trinajstić information content (AvgIpc) is 2.04. The summed E-state index contributed by atoms with van der Waals surface area (Å²) in [5.74, 6) is -1.65. The van der Waals surface area contributed by atoms with Gasteiger partial charge in [0.1, 0.15) is 0 Å². The van der Waals surface area contributed by atoms with Crippen LogP contribution in [0, 0.1) is 0 Å². The van der Waals surface area contributed by atoms with E-state index in [1.165, 1.54) is 0 Å². The molecule has 1 rings (SSSR count). The summed E-state index contributed by atoms with van der Waals surface area (Å²) in [5.41, 5.74) is 6.78. The molecule has 1 atom stereocenters. The molecule has 64 valence electrons. The molecule has 0 radical (unpaired) electrons. The first-order chi connectivity index (χ1) is 5.61. The monoisotopic (exact) mass is 164 g/mol. The van der Waals surface area contributed by atoms with Crippen molar-refractivity contribution in [3.05, 3.63) is 29.8 Å². The molecule has 1 aromatic carbocycles. The van der Waals surface area contributed by atoms with E-state index >= 15 is 0 Å². The van der Waals surface area contributed by atoms with Gasteiger partial charge in [-0.3, -0.25) is 0 Å². The van der Waals surface area contributed by atoms with Crippen LogP contribution in [0.2, 0.25) is 0 Å². The highest BCUT2D eigenvalue weighted by molar-refractivity contribution is 5.73. The molecule has 0 saturated carbocycles. The largest absolute Gasteiger partial charge is 0.550 e. The van der Waals surface area contributed by atoms with Crippen LogP contribution in [0.15, 0.2) is 24.3 Å². The van der Waals surface area contributed by atoms with Gasteiger partial charge in [-0.1, -0.05) is 19.1 Å². The molecule has 2 N–H and O–H groups in total. The number of carbonyl (C=O) groups excluding carboxylic acids is 1. The number of benzene rings is 1. The van der Waals surface area contributed by atoms with Gasteiger partial charge in [-0.25, -0.2) is 0 Å². The van der Waals surface area contributed by atoms with Crippen LogP contribution in [0.25, 0.3) is 0 Å². The summed E-state index contributed by atoms with van der Waals surface area (Å²) in [7, 11) is 0. The molecule has 0 fully saturated rings. The van der Waals surface area contributed by atoms with Crippen molar-refractivity contribution >= 4 is 11.7 Å². The molecule has 0 aliphatic heterocycles. The number of hydrogen-bond donors (Lipinski definition) is 1. The van der Waals surface area contributed by atoms with Crippen LogP contribution in [-0.2, 0) is 4.79 Å². The van der Waals surface area contributed by atoms with Crippen molar-refractivity contribution in [1.82, 2.24) is 0 Å². The lowest BCUT2D eigenvalue weighted by Crippen LogP contribution is -2.27. The molecule has 0 aromatic heterocycles. The normalized spacial score (nSPS) is 12.4. The van der Waals surface area contributed by atoms with Gasteiger partial charge in [-0.05, 0) is 17.7 Å². The Kier molecular flexibility index (Phi) is 2.33. The molecule has 3 heteroatoms. The topological polar surface area (TPSA) is 66.1 Å². The fourth-order valence-electron chi connectivity index (χ4n) is 0.921. The second kappa shape index (κ2) is 3.26. The predicted molar refractivity (Wildman–Crippen MR) is 44.3 cm³/mol. The van der Waals surface area contributed by atoms with Crippen LogP contribution in [0.1, 0.15) is 18.4 Å². The van der Waals surface area contributed by atoms with E-state index in [-0.39, 0.29) is 0 Å². The molecule has 1 aromatic rings. The standard InChI is InChI=1S/C9H11NO2/c1-6(9(11)12)7-2-4-8(10)5-3-7/h2-6H,10H2,1H3,(H,11,12)/p-1/t6-/m1/s1. The Morgan fingerprint density at radius 2 is 1.92 bits per heavy atom. The minimum Gasteiger partial charge on any atom is -0.550 e. The highest BCUT2D eigenvalue weighted by Crippen LogP contribution is 2.15. The molecule has 0 unspecified atom stereocenters. The van der Waals surface area contributed by atoms with Gasteiger partial charge in [0, 0.05) is 17.6 Å². The molecule has 0 amide bonds. The summed E-state index contributed by atoms with van der Waals surface area (Å²) in [6, 6.07) is 6.73. The van der Waals surface area contributed by atoms with Crippen LogP contribution in [-0.4, -0.2) is 5.97 Å². The fraction of sp³-hybridized carbons (Fsp3) is 0.222. The number of hydrogen-bond acceptors (Lipinski definition) is 3. The lowest BCUT2D eigenvalue weighted by molar-refractivity contribution is -0.307. The maximum atomic E-state index is 10.4. The lowest BCUT2D eigenvalue weighted by atomic mass is 10.0. The maximum Gasteiger partial charge on any atom is 0.0486 e. The number of carbonyl (C=O) groups is 1. The Morgan fingerprint density at radius 1 is 1.42 bits per heavy atom. The molecule has 0 aliphatic rings. The lowest BCUT2D eigenvalue weighted by Gasteiger charge is -2.12. The highest BCUT2D eigenvalue weighted by Gasteiger charge is 2.04. The second-order valence-electron chi connectivity index (χ2n) is 2.71. The van der Waals surface area contributed by atoms with Gasteiger partial charge in [-0.15, -0.1) is 0 Å². The molecule has 0 spiro atoms. The fourth-order valence-corrected chi connectivity index (χ4v) is 0.921. The van der Waals surface area contributed by atoms with Crippen molar-refractivity contribution in [1.29, 1.82) is 0 Å². The van der Waals surface area contributed by atoms with Crippen molar-refractivity contribution in [3.8, 4) is 0 Å². The quantitative estimate of drug-likeness (QED) is 0.631. The number of nitrogen functional groups attached to an aromatic ring is 1. The molecular formula is C9H10NO2-. The van der Waals surface area contributed by atoms with Gasteiger partial charge in [0.05, 0.1) is 0 Å². The average molecular weight is 164 g/mol. The zero-order valence-corrected chi connectivity index (χ0v) is 6.78. The van der Waals surface area contributed by atoms with E-state index in [1.54, 1.807) is 31.2 Å². The van der Waals surface area contributed by atoms with E-state index in [2.05, 4.69) is 0 Å².